The number of hydrogen-bond acceptors (Lipinski definition) is 4. The SMILES string of the molecule is COc1ccc(C(C)=O)cc1N1C(=O)[C@H]2[C@H](C1=O)[C@H]1C=C[C@H]2C1=C(C)C. The molecular formula is C21H21NO4. The van der Waals surface area contributed by atoms with E-state index in [0.717, 1.165) is 0 Å². The predicted octanol–water partition coefficient (Wildman–Crippen LogP) is 3.16. The van der Waals surface area contributed by atoms with Gasteiger partial charge in [-0.05, 0) is 39.0 Å². The first-order chi connectivity index (χ1) is 12.4. The van der Waals surface area contributed by atoms with Crippen LogP contribution in [0.5, 0.6) is 5.75 Å². The summed E-state index contributed by atoms with van der Waals surface area (Å²) < 4.78 is 5.36. The minimum Gasteiger partial charge on any atom is -0.495 e. The maximum absolute atomic E-state index is 13.2. The number of ketones is 1. The molecule has 26 heavy (non-hydrogen) atoms. The number of hydrogen-bond donors (Lipinski definition) is 0. The van der Waals surface area contributed by atoms with Crippen LogP contribution in [0.2, 0.25) is 0 Å². The van der Waals surface area contributed by atoms with Crippen LogP contribution >= 0.6 is 0 Å². The Labute approximate surface area is 152 Å². The molecule has 1 aromatic rings. The molecule has 4 atom stereocenters. The zero-order valence-corrected chi connectivity index (χ0v) is 15.3. The Hall–Kier alpha value is -2.69. The van der Waals surface area contributed by atoms with Crippen molar-refractivity contribution in [2.24, 2.45) is 23.7 Å². The van der Waals surface area contributed by atoms with E-state index < -0.39 is 0 Å². The maximum Gasteiger partial charge on any atom is 0.238 e. The second kappa shape index (κ2) is 5.66. The van der Waals surface area contributed by atoms with Gasteiger partial charge in [-0.25, -0.2) is 4.90 Å². The number of rotatable bonds is 3. The molecule has 1 saturated carbocycles. The lowest BCUT2D eigenvalue weighted by atomic mass is 9.85. The number of benzene rings is 1. The number of allylic oxidation sites excluding steroid dienone is 4. The van der Waals surface area contributed by atoms with Crippen molar-refractivity contribution in [1.29, 1.82) is 0 Å². The van der Waals surface area contributed by atoms with E-state index in [1.165, 1.54) is 30.1 Å². The van der Waals surface area contributed by atoms with Gasteiger partial charge in [-0.2, -0.15) is 0 Å². The average molecular weight is 351 g/mol. The number of nitrogens with zero attached hydrogens (tertiary/aromatic N) is 1. The lowest BCUT2D eigenvalue weighted by Gasteiger charge is -2.21. The van der Waals surface area contributed by atoms with E-state index in [1.54, 1.807) is 18.2 Å². The molecule has 0 radical (unpaired) electrons. The largest absolute Gasteiger partial charge is 0.495 e. The van der Waals surface area contributed by atoms with E-state index in [9.17, 15) is 14.4 Å². The predicted molar refractivity (Wildman–Crippen MR) is 97.0 cm³/mol. The second-order valence-corrected chi connectivity index (χ2v) is 7.40. The maximum atomic E-state index is 13.2. The number of fused-ring (bicyclic) bond motifs is 5. The number of methoxy groups -OCH3 is 1. The molecule has 2 amide bonds. The van der Waals surface area contributed by atoms with Gasteiger partial charge in [0.1, 0.15) is 5.75 Å². The highest BCUT2D eigenvalue weighted by atomic mass is 16.5. The van der Waals surface area contributed by atoms with Crippen LogP contribution in [-0.4, -0.2) is 24.7 Å². The van der Waals surface area contributed by atoms with Crippen molar-refractivity contribution in [3.63, 3.8) is 0 Å². The number of imide groups is 1. The summed E-state index contributed by atoms with van der Waals surface area (Å²) in [6.45, 7) is 5.53. The van der Waals surface area contributed by atoms with Gasteiger partial charge in [0.15, 0.2) is 5.78 Å². The summed E-state index contributed by atoms with van der Waals surface area (Å²) in [4.78, 5) is 39.4. The first kappa shape index (κ1) is 16.8. The van der Waals surface area contributed by atoms with E-state index in [4.69, 9.17) is 4.74 Å². The molecule has 0 N–H and O–H groups in total. The summed E-state index contributed by atoms with van der Waals surface area (Å²) in [7, 11) is 1.49. The van der Waals surface area contributed by atoms with Crippen LogP contribution in [0.3, 0.4) is 0 Å². The number of Topliss-reactive ketones (excluding diaryl/α,β-unsaturated/α-hetero) is 1. The van der Waals surface area contributed by atoms with E-state index in [1.807, 2.05) is 13.8 Å². The van der Waals surface area contributed by atoms with Crippen molar-refractivity contribution in [3.05, 3.63) is 47.1 Å². The summed E-state index contributed by atoms with van der Waals surface area (Å²) in [6.07, 6.45) is 4.12. The van der Waals surface area contributed by atoms with E-state index in [2.05, 4.69) is 12.2 Å². The van der Waals surface area contributed by atoms with Crippen molar-refractivity contribution in [2.45, 2.75) is 20.8 Å². The van der Waals surface area contributed by atoms with Crippen molar-refractivity contribution < 1.29 is 19.1 Å². The zero-order valence-electron chi connectivity index (χ0n) is 15.3. The van der Waals surface area contributed by atoms with Crippen molar-refractivity contribution in [3.8, 4) is 5.75 Å². The van der Waals surface area contributed by atoms with Crippen molar-refractivity contribution >= 4 is 23.3 Å². The summed E-state index contributed by atoms with van der Waals surface area (Å²) in [6, 6.07) is 4.85. The normalized spacial score (nSPS) is 28.8. The third kappa shape index (κ3) is 2.06. The molecule has 1 heterocycles. The quantitative estimate of drug-likeness (QED) is 0.477. The number of carbonyl (C=O) groups is 3. The number of ether oxygens (including phenoxy) is 1. The van der Waals surface area contributed by atoms with Gasteiger partial charge in [0.2, 0.25) is 11.8 Å². The Morgan fingerprint density at radius 3 is 2.04 bits per heavy atom. The Kier molecular flexibility index (Phi) is 3.65. The first-order valence-electron chi connectivity index (χ1n) is 8.79. The highest BCUT2D eigenvalue weighted by Crippen LogP contribution is 2.57. The Balaban J connectivity index is 1.80. The Morgan fingerprint density at radius 2 is 1.58 bits per heavy atom. The van der Waals surface area contributed by atoms with E-state index >= 15 is 0 Å². The van der Waals surface area contributed by atoms with Gasteiger partial charge in [0.25, 0.3) is 0 Å². The standard InChI is InChI=1S/C21H21NO4/c1-10(2)17-13-6-7-14(17)19-18(13)20(24)22(21(19)25)15-9-12(11(3)23)5-8-16(15)26-4/h5-9,13-14,18-19H,1-4H3/t13-,14-,18+,19+/m0/s1. The average Bonchev–Trinajstić information content (AvgIpc) is 3.24. The van der Waals surface area contributed by atoms with Gasteiger partial charge in [-0.3, -0.25) is 14.4 Å². The molecule has 1 aromatic carbocycles. The minimum absolute atomic E-state index is 0.00145. The lowest BCUT2D eigenvalue weighted by Crippen LogP contribution is -2.33. The molecule has 2 aliphatic carbocycles. The summed E-state index contributed by atoms with van der Waals surface area (Å²) in [5, 5.41) is 0. The highest BCUT2D eigenvalue weighted by molar-refractivity contribution is 6.24. The van der Waals surface area contributed by atoms with Crippen LogP contribution in [-0.2, 0) is 9.59 Å². The molecule has 2 fully saturated rings. The molecule has 4 rings (SSSR count). The molecule has 5 heteroatoms. The molecule has 1 aliphatic heterocycles. The highest BCUT2D eigenvalue weighted by Gasteiger charge is 2.62. The molecule has 3 aliphatic rings. The fourth-order valence-corrected chi connectivity index (χ4v) is 4.75. The third-order valence-electron chi connectivity index (χ3n) is 5.82. The molecular weight excluding hydrogens is 330 g/mol. The van der Waals surface area contributed by atoms with Gasteiger partial charge in [0, 0.05) is 17.4 Å². The molecule has 0 unspecified atom stereocenters. The van der Waals surface area contributed by atoms with Gasteiger partial charge in [-0.1, -0.05) is 23.3 Å². The van der Waals surface area contributed by atoms with Gasteiger partial charge < -0.3 is 4.74 Å². The van der Waals surface area contributed by atoms with Crippen LogP contribution in [0.15, 0.2) is 41.5 Å². The number of anilines is 1. The monoisotopic (exact) mass is 351 g/mol. The van der Waals surface area contributed by atoms with Crippen molar-refractivity contribution in [2.75, 3.05) is 12.0 Å². The molecule has 134 valence electrons. The van der Waals surface area contributed by atoms with E-state index in [-0.39, 0.29) is 41.3 Å². The molecule has 0 spiro atoms. The topological polar surface area (TPSA) is 63.7 Å². The Morgan fingerprint density at radius 1 is 1.00 bits per heavy atom. The molecule has 5 nitrogen and oxygen atoms in total. The lowest BCUT2D eigenvalue weighted by molar-refractivity contribution is -0.123. The third-order valence-corrected chi connectivity index (χ3v) is 5.82. The van der Waals surface area contributed by atoms with Crippen LogP contribution in [0, 0.1) is 23.7 Å². The fraction of sp³-hybridized carbons (Fsp3) is 0.381. The molecule has 0 aromatic heterocycles. The minimum atomic E-state index is -0.354. The number of carbonyl (C=O) groups excluding carboxylic acids is 3. The van der Waals surface area contributed by atoms with Gasteiger partial charge in [-0.15, -0.1) is 0 Å². The van der Waals surface area contributed by atoms with Crippen LogP contribution in [0.4, 0.5) is 5.69 Å². The summed E-state index contributed by atoms with van der Waals surface area (Å²) >= 11 is 0. The van der Waals surface area contributed by atoms with Gasteiger partial charge >= 0.3 is 0 Å². The van der Waals surface area contributed by atoms with Gasteiger partial charge in [0.05, 0.1) is 24.6 Å². The smallest absolute Gasteiger partial charge is 0.238 e. The van der Waals surface area contributed by atoms with Crippen LogP contribution < -0.4 is 9.64 Å². The van der Waals surface area contributed by atoms with Crippen LogP contribution in [0.25, 0.3) is 0 Å². The van der Waals surface area contributed by atoms with Crippen LogP contribution in [0.1, 0.15) is 31.1 Å². The summed E-state index contributed by atoms with van der Waals surface area (Å²) in [5.41, 5.74) is 3.21. The Bertz CT molecular complexity index is 873. The molecule has 2 bridgehead atoms. The number of amides is 2. The first-order valence-corrected chi connectivity index (χ1v) is 8.79. The van der Waals surface area contributed by atoms with Crippen molar-refractivity contribution in [1.82, 2.24) is 0 Å². The fourth-order valence-electron chi connectivity index (χ4n) is 4.75. The van der Waals surface area contributed by atoms with E-state index in [0.29, 0.717) is 17.0 Å². The summed E-state index contributed by atoms with van der Waals surface area (Å²) in [5.74, 6) is -0.816. The molecule has 1 saturated heterocycles. The second-order valence-electron chi connectivity index (χ2n) is 7.40. The zero-order chi connectivity index (χ0) is 18.7.